The first-order chi connectivity index (χ1) is 13.2. The van der Waals surface area contributed by atoms with Gasteiger partial charge in [0, 0.05) is 11.1 Å². The lowest BCUT2D eigenvalue weighted by molar-refractivity contribution is 0.324. The van der Waals surface area contributed by atoms with Gasteiger partial charge in [0.25, 0.3) is 0 Å². The summed E-state index contributed by atoms with van der Waals surface area (Å²) in [5.41, 5.74) is 4.20. The second kappa shape index (κ2) is 7.99. The molecule has 2 aromatic carbocycles. The SMILES string of the molecule is CCc1cc(OC)c[c]c1-c1[nH]nnc1-c1cc(OC)c(OC)c(OC)c1. The normalized spacial score (nSPS) is 10.6. The van der Waals surface area contributed by atoms with E-state index in [9.17, 15) is 0 Å². The van der Waals surface area contributed by atoms with Crippen molar-refractivity contribution in [3.8, 4) is 45.5 Å². The lowest BCUT2D eigenvalue weighted by atomic mass is 9.98. The molecule has 141 valence electrons. The first-order valence-corrected chi connectivity index (χ1v) is 8.47. The average molecular weight is 368 g/mol. The molecule has 0 saturated heterocycles. The molecule has 0 unspecified atom stereocenters. The molecule has 3 rings (SSSR count). The Bertz CT molecular complexity index is 912. The van der Waals surface area contributed by atoms with Crippen molar-refractivity contribution in [2.45, 2.75) is 13.3 Å². The summed E-state index contributed by atoms with van der Waals surface area (Å²) in [6.45, 7) is 2.08. The number of aryl methyl sites for hydroxylation is 1. The summed E-state index contributed by atoms with van der Waals surface area (Å²) in [5.74, 6) is 2.39. The molecule has 3 aromatic rings. The van der Waals surface area contributed by atoms with Crippen LogP contribution in [0, 0.1) is 6.07 Å². The maximum Gasteiger partial charge on any atom is 0.203 e. The second-order valence-electron chi connectivity index (χ2n) is 5.74. The minimum atomic E-state index is 0.527. The fraction of sp³-hybridized carbons (Fsp3) is 0.300. The molecule has 0 saturated carbocycles. The van der Waals surface area contributed by atoms with E-state index >= 15 is 0 Å². The van der Waals surface area contributed by atoms with Crippen LogP contribution < -0.4 is 18.9 Å². The minimum Gasteiger partial charge on any atom is -0.497 e. The molecule has 0 fully saturated rings. The van der Waals surface area contributed by atoms with Crippen molar-refractivity contribution < 1.29 is 18.9 Å². The van der Waals surface area contributed by atoms with E-state index in [0.717, 1.165) is 34.6 Å². The summed E-state index contributed by atoms with van der Waals surface area (Å²) in [6, 6.07) is 10.8. The highest BCUT2D eigenvalue weighted by Gasteiger charge is 2.20. The Kier molecular flexibility index (Phi) is 5.49. The van der Waals surface area contributed by atoms with E-state index in [1.54, 1.807) is 34.5 Å². The van der Waals surface area contributed by atoms with Crippen molar-refractivity contribution in [1.29, 1.82) is 0 Å². The lowest BCUT2D eigenvalue weighted by Crippen LogP contribution is -1.97. The van der Waals surface area contributed by atoms with Crippen LogP contribution >= 0.6 is 0 Å². The molecule has 1 aromatic heterocycles. The molecule has 0 atom stereocenters. The molecule has 7 heteroatoms. The van der Waals surface area contributed by atoms with Crippen LogP contribution in [0.2, 0.25) is 0 Å². The van der Waals surface area contributed by atoms with Crippen molar-refractivity contribution in [3.63, 3.8) is 0 Å². The quantitative estimate of drug-likeness (QED) is 0.687. The Morgan fingerprint density at radius 3 is 2.22 bits per heavy atom. The number of ether oxygens (including phenoxy) is 4. The van der Waals surface area contributed by atoms with Gasteiger partial charge in [-0.25, -0.2) is 0 Å². The summed E-state index contributed by atoms with van der Waals surface area (Å²) >= 11 is 0. The number of nitrogens with zero attached hydrogens (tertiary/aromatic N) is 2. The van der Waals surface area contributed by atoms with Crippen LogP contribution in [-0.2, 0) is 6.42 Å². The van der Waals surface area contributed by atoms with Gasteiger partial charge in [0.2, 0.25) is 5.75 Å². The molecule has 1 N–H and O–H groups in total. The van der Waals surface area contributed by atoms with Crippen LogP contribution in [-0.4, -0.2) is 43.8 Å². The standard InChI is InChI=1S/C20H22N3O4/c1-6-12-9-14(24-2)7-8-15(12)19-18(21-23-22-19)13-10-16(25-3)20(27-5)17(11-13)26-4/h7,9-11H,6H2,1-5H3,(H,21,22,23). The zero-order valence-corrected chi connectivity index (χ0v) is 16.0. The zero-order valence-electron chi connectivity index (χ0n) is 16.0. The van der Waals surface area contributed by atoms with Crippen LogP contribution in [0.5, 0.6) is 23.0 Å². The smallest absolute Gasteiger partial charge is 0.203 e. The highest BCUT2D eigenvalue weighted by atomic mass is 16.5. The topological polar surface area (TPSA) is 78.5 Å². The Morgan fingerprint density at radius 1 is 0.963 bits per heavy atom. The third-order valence-corrected chi connectivity index (χ3v) is 4.35. The van der Waals surface area contributed by atoms with E-state index in [1.165, 1.54) is 0 Å². The van der Waals surface area contributed by atoms with Gasteiger partial charge in [-0.3, -0.25) is 5.10 Å². The Balaban J connectivity index is 2.16. The number of aromatic nitrogens is 3. The van der Waals surface area contributed by atoms with Gasteiger partial charge < -0.3 is 18.9 Å². The summed E-state index contributed by atoms with van der Waals surface area (Å²) in [4.78, 5) is 0. The number of H-pyrrole nitrogens is 1. The fourth-order valence-corrected chi connectivity index (χ4v) is 2.97. The van der Waals surface area contributed by atoms with Gasteiger partial charge in [0.1, 0.15) is 11.4 Å². The molecular weight excluding hydrogens is 346 g/mol. The average Bonchev–Trinajstić information content (AvgIpc) is 3.21. The van der Waals surface area contributed by atoms with E-state index < -0.39 is 0 Å². The van der Waals surface area contributed by atoms with Crippen molar-refractivity contribution in [3.05, 3.63) is 35.9 Å². The second-order valence-corrected chi connectivity index (χ2v) is 5.74. The predicted octanol–water partition coefficient (Wildman–Crippen LogP) is 3.54. The number of hydrogen-bond donors (Lipinski definition) is 1. The number of benzene rings is 2. The molecule has 0 amide bonds. The number of rotatable bonds is 7. The summed E-state index contributed by atoms with van der Waals surface area (Å²) in [7, 11) is 6.37. The highest BCUT2D eigenvalue weighted by molar-refractivity contribution is 5.81. The largest absolute Gasteiger partial charge is 0.497 e. The first-order valence-electron chi connectivity index (χ1n) is 8.47. The number of aromatic amines is 1. The van der Waals surface area contributed by atoms with E-state index in [1.807, 2.05) is 18.2 Å². The van der Waals surface area contributed by atoms with Gasteiger partial charge in [-0.1, -0.05) is 12.1 Å². The number of nitrogens with one attached hydrogen (secondary N) is 1. The Hall–Kier alpha value is -3.22. The van der Waals surface area contributed by atoms with Crippen LogP contribution in [0.1, 0.15) is 12.5 Å². The van der Waals surface area contributed by atoms with Gasteiger partial charge in [0.15, 0.2) is 11.5 Å². The van der Waals surface area contributed by atoms with E-state index in [-0.39, 0.29) is 0 Å². The van der Waals surface area contributed by atoms with E-state index in [2.05, 4.69) is 28.4 Å². The summed E-state index contributed by atoms with van der Waals surface area (Å²) in [6.07, 6.45) is 0.816. The van der Waals surface area contributed by atoms with Crippen molar-refractivity contribution >= 4 is 0 Å². The van der Waals surface area contributed by atoms with Gasteiger partial charge in [0.05, 0.1) is 34.1 Å². The fourth-order valence-electron chi connectivity index (χ4n) is 2.97. The van der Waals surface area contributed by atoms with Crippen molar-refractivity contribution in [2.75, 3.05) is 28.4 Å². The summed E-state index contributed by atoms with van der Waals surface area (Å²) in [5, 5.41) is 11.3. The third-order valence-electron chi connectivity index (χ3n) is 4.35. The first kappa shape index (κ1) is 18.6. The minimum absolute atomic E-state index is 0.527. The Labute approximate surface area is 158 Å². The molecule has 27 heavy (non-hydrogen) atoms. The summed E-state index contributed by atoms with van der Waals surface area (Å²) < 4.78 is 21.6. The van der Waals surface area contributed by atoms with Gasteiger partial charge >= 0.3 is 0 Å². The number of methoxy groups -OCH3 is 4. The lowest BCUT2D eigenvalue weighted by Gasteiger charge is -2.14. The van der Waals surface area contributed by atoms with E-state index in [4.69, 9.17) is 18.9 Å². The van der Waals surface area contributed by atoms with Gasteiger partial charge in [-0.15, -0.1) is 5.10 Å². The van der Waals surface area contributed by atoms with Crippen LogP contribution in [0.4, 0.5) is 0 Å². The van der Waals surface area contributed by atoms with Crippen molar-refractivity contribution in [1.82, 2.24) is 15.4 Å². The molecule has 0 aliphatic rings. The van der Waals surface area contributed by atoms with Crippen molar-refractivity contribution in [2.24, 2.45) is 0 Å². The molecule has 0 spiro atoms. The molecule has 0 bridgehead atoms. The monoisotopic (exact) mass is 368 g/mol. The molecule has 1 radical (unpaired) electrons. The number of hydrogen-bond acceptors (Lipinski definition) is 6. The highest BCUT2D eigenvalue weighted by Crippen LogP contribution is 2.42. The maximum atomic E-state index is 5.45. The molecule has 0 aliphatic carbocycles. The molecule has 0 aliphatic heterocycles. The van der Waals surface area contributed by atoms with E-state index in [0.29, 0.717) is 22.9 Å². The van der Waals surface area contributed by atoms with Crippen LogP contribution in [0.3, 0.4) is 0 Å². The maximum absolute atomic E-state index is 5.45. The predicted molar refractivity (Wildman–Crippen MR) is 102 cm³/mol. The molecule has 1 heterocycles. The van der Waals surface area contributed by atoms with Gasteiger partial charge in [-0.05, 0) is 42.3 Å². The molecular formula is C20H22N3O4. The zero-order chi connectivity index (χ0) is 19.4. The van der Waals surface area contributed by atoms with Crippen LogP contribution in [0.25, 0.3) is 22.5 Å². The molecule has 7 nitrogen and oxygen atoms in total. The Morgan fingerprint density at radius 2 is 1.67 bits per heavy atom. The third kappa shape index (κ3) is 3.40. The van der Waals surface area contributed by atoms with Gasteiger partial charge in [-0.2, -0.15) is 0 Å². The van der Waals surface area contributed by atoms with Crippen LogP contribution in [0.15, 0.2) is 24.3 Å².